The lowest BCUT2D eigenvalue weighted by atomic mass is 10.1. The lowest BCUT2D eigenvalue weighted by Crippen LogP contribution is -2.41. The minimum absolute atomic E-state index is 0.519. The molecule has 0 aliphatic carbocycles. The van der Waals surface area contributed by atoms with Crippen LogP contribution in [-0.4, -0.2) is 36.6 Å². The lowest BCUT2D eigenvalue weighted by Gasteiger charge is -2.29. The monoisotopic (exact) mass is 292 g/mol. The Labute approximate surface area is 127 Å². The highest BCUT2D eigenvalue weighted by atomic mass is 35.5. The summed E-state index contributed by atoms with van der Waals surface area (Å²) in [5, 5.41) is 3.69. The zero-order valence-corrected chi connectivity index (χ0v) is 13.2. The lowest BCUT2D eigenvalue weighted by molar-refractivity contribution is 0.221. The van der Waals surface area contributed by atoms with Crippen LogP contribution in [0.4, 0.5) is 0 Å². The van der Waals surface area contributed by atoms with E-state index in [1.165, 1.54) is 17.6 Å². The van der Waals surface area contributed by atoms with Crippen LogP contribution in [0.3, 0.4) is 0 Å². The van der Waals surface area contributed by atoms with Crippen LogP contribution in [0.5, 0.6) is 0 Å². The molecule has 1 aliphatic rings. The Hall–Kier alpha value is -0.830. The van der Waals surface area contributed by atoms with Crippen molar-refractivity contribution in [1.29, 1.82) is 0 Å². The number of benzene rings is 1. The maximum absolute atomic E-state index is 5.82. The van der Waals surface area contributed by atoms with Gasteiger partial charge in [0.15, 0.2) is 0 Å². The van der Waals surface area contributed by atoms with Gasteiger partial charge in [-0.05, 0) is 44.4 Å². The molecule has 0 amide bonds. The van der Waals surface area contributed by atoms with Gasteiger partial charge in [-0.1, -0.05) is 41.9 Å². The molecule has 110 valence electrons. The van der Waals surface area contributed by atoms with Gasteiger partial charge in [-0.15, -0.1) is 0 Å². The van der Waals surface area contributed by atoms with Crippen LogP contribution < -0.4 is 5.32 Å². The summed E-state index contributed by atoms with van der Waals surface area (Å²) in [6, 6.07) is 11.9. The zero-order valence-electron chi connectivity index (χ0n) is 12.5. The molecule has 1 saturated heterocycles. The van der Waals surface area contributed by atoms with E-state index in [9.17, 15) is 0 Å². The molecule has 1 aromatic rings. The molecule has 2 nitrogen and oxygen atoms in total. The summed E-state index contributed by atoms with van der Waals surface area (Å²) in [6.07, 6.45) is 2.29. The van der Waals surface area contributed by atoms with Crippen molar-refractivity contribution in [2.45, 2.75) is 38.8 Å². The standard InChI is InChI=1S/C17H25ClN2/c1-14(11-18)12-20-13-17(19-9-8-15(20)2)10-16-6-4-3-5-7-16/h3-7,11,15,17,19H,8-10,12-13H2,1-2H3/b14-11+. The molecule has 1 aliphatic heterocycles. The second kappa shape index (κ2) is 7.82. The third kappa shape index (κ3) is 4.62. The predicted octanol–water partition coefficient (Wildman–Crippen LogP) is 3.42. The molecule has 1 N–H and O–H groups in total. The number of hydrogen-bond donors (Lipinski definition) is 1. The molecule has 1 aromatic carbocycles. The highest BCUT2D eigenvalue weighted by Crippen LogP contribution is 2.14. The van der Waals surface area contributed by atoms with Crippen molar-refractivity contribution in [3.63, 3.8) is 0 Å². The minimum atomic E-state index is 0.519. The molecule has 0 bridgehead atoms. The summed E-state index contributed by atoms with van der Waals surface area (Å²) in [6.45, 7) is 7.56. The topological polar surface area (TPSA) is 15.3 Å². The van der Waals surface area contributed by atoms with Crippen molar-refractivity contribution in [3.05, 3.63) is 47.0 Å². The number of hydrogen-bond acceptors (Lipinski definition) is 2. The quantitative estimate of drug-likeness (QED) is 0.915. The van der Waals surface area contributed by atoms with E-state index in [1.54, 1.807) is 5.54 Å². The second-order valence-corrected chi connectivity index (χ2v) is 6.08. The Balaban J connectivity index is 1.99. The molecule has 0 aromatic heterocycles. The number of nitrogens with zero attached hydrogens (tertiary/aromatic N) is 1. The van der Waals surface area contributed by atoms with Gasteiger partial charge in [0.25, 0.3) is 0 Å². The Kier molecular flexibility index (Phi) is 6.08. The molecule has 0 spiro atoms. The molecular formula is C17H25ClN2. The highest BCUT2D eigenvalue weighted by Gasteiger charge is 2.22. The van der Waals surface area contributed by atoms with Crippen LogP contribution >= 0.6 is 11.6 Å². The van der Waals surface area contributed by atoms with Crippen molar-refractivity contribution in [1.82, 2.24) is 10.2 Å². The fraction of sp³-hybridized carbons (Fsp3) is 0.529. The van der Waals surface area contributed by atoms with Crippen LogP contribution in [0.1, 0.15) is 25.8 Å². The first-order valence-corrected chi connectivity index (χ1v) is 7.90. The van der Waals surface area contributed by atoms with Gasteiger partial charge in [0, 0.05) is 30.7 Å². The number of nitrogens with one attached hydrogen (secondary N) is 1. The summed E-state index contributed by atoms with van der Waals surface area (Å²) in [4.78, 5) is 2.54. The van der Waals surface area contributed by atoms with Gasteiger partial charge < -0.3 is 5.32 Å². The molecule has 2 atom stereocenters. The van der Waals surface area contributed by atoms with E-state index in [-0.39, 0.29) is 0 Å². The minimum Gasteiger partial charge on any atom is -0.312 e. The smallest absolute Gasteiger partial charge is 0.0235 e. The van der Waals surface area contributed by atoms with Gasteiger partial charge in [-0.25, -0.2) is 0 Å². The largest absolute Gasteiger partial charge is 0.312 e. The third-order valence-electron chi connectivity index (χ3n) is 4.04. The molecular weight excluding hydrogens is 268 g/mol. The fourth-order valence-corrected chi connectivity index (χ4v) is 2.89. The zero-order chi connectivity index (χ0) is 14.4. The molecule has 1 fully saturated rings. The third-order valence-corrected chi connectivity index (χ3v) is 4.41. The average Bonchev–Trinajstić information content (AvgIpc) is 2.62. The highest BCUT2D eigenvalue weighted by molar-refractivity contribution is 6.25. The van der Waals surface area contributed by atoms with Crippen LogP contribution in [0.25, 0.3) is 0 Å². The van der Waals surface area contributed by atoms with Crippen molar-refractivity contribution in [2.24, 2.45) is 0 Å². The van der Waals surface area contributed by atoms with E-state index >= 15 is 0 Å². The summed E-state index contributed by atoms with van der Waals surface area (Å²) < 4.78 is 0. The summed E-state index contributed by atoms with van der Waals surface area (Å²) in [5.74, 6) is 0. The Bertz CT molecular complexity index is 430. The average molecular weight is 293 g/mol. The molecule has 1 heterocycles. The first kappa shape index (κ1) is 15.6. The van der Waals surface area contributed by atoms with E-state index in [2.05, 4.69) is 54.4 Å². The molecule has 2 rings (SSSR count). The molecule has 3 heteroatoms. The van der Waals surface area contributed by atoms with Crippen molar-refractivity contribution in [3.8, 4) is 0 Å². The van der Waals surface area contributed by atoms with Gasteiger partial charge >= 0.3 is 0 Å². The number of rotatable bonds is 4. The van der Waals surface area contributed by atoms with E-state index < -0.39 is 0 Å². The van der Waals surface area contributed by atoms with E-state index in [0.29, 0.717) is 12.1 Å². The van der Waals surface area contributed by atoms with Gasteiger partial charge in [0.2, 0.25) is 0 Å². The van der Waals surface area contributed by atoms with Crippen LogP contribution in [0.15, 0.2) is 41.4 Å². The maximum atomic E-state index is 5.82. The van der Waals surface area contributed by atoms with Crippen LogP contribution in [0.2, 0.25) is 0 Å². The molecule has 0 saturated carbocycles. The Morgan fingerprint density at radius 3 is 2.85 bits per heavy atom. The molecule has 2 unspecified atom stereocenters. The maximum Gasteiger partial charge on any atom is 0.0235 e. The van der Waals surface area contributed by atoms with Gasteiger partial charge in [-0.3, -0.25) is 4.90 Å². The van der Waals surface area contributed by atoms with Gasteiger partial charge in [0.1, 0.15) is 0 Å². The summed E-state index contributed by atoms with van der Waals surface area (Å²) in [7, 11) is 0. The SMILES string of the molecule is C/C(=C\Cl)CN1CC(Cc2ccccc2)NCCC1C. The van der Waals surface area contributed by atoms with Gasteiger partial charge in [-0.2, -0.15) is 0 Å². The van der Waals surface area contributed by atoms with E-state index in [1.807, 2.05) is 0 Å². The Morgan fingerprint density at radius 1 is 1.40 bits per heavy atom. The molecule has 20 heavy (non-hydrogen) atoms. The van der Waals surface area contributed by atoms with E-state index in [0.717, 1.165) is 26.1 Å². The van der Waals surface area contributed by atoms with E-state index in [4.69, 9.17) is 11.6 Å². The second-order valence-electron chi connectivity index (χ2n) is 5.86. The van der Waals surface area contributed by atoms with Crippen molar-refractivity contribution < 1.29 is 0 Å². The van der Waals surface area contributed by atoms with Crippen LogP contribution in [0, 0.1) is 0 Å². The Morgan fingerprint density at radius 2 is 2.15 bits per heavy atom. The first-order valence-electron chi connectivity index (χ1n) is 7.46. The summed E-state index contributed by atoms with van der Waals surface area (Å²) >= 11 is 5.82. The first-order chi connectivity index (χ1) is 9.69. The number of halogens is 1. The van der Waals surface area contributed by atoms with Crippen LogP contribution in [-0.2, 0) is 6.42 Å². The normalized spacial score (nSPS) is 25.4. The molecule has 0 radical (unpaired) electrons. The summed E-state index contributed by atoms with van der Waals surface area (Å²) in [5.41, 5.74) is 4.35. The van der Waals surface area contributed by atoms with Gasteiger partial charge in [0.05, 0.1) is 0 Å². The fourth-order valence-electron chi connectivity index (χ4n) is 2.82. The predicted molar refractivity (Wildman–Crippen MR) is 87.2 cm³/mol. The van der Waals surface area contributed by atoms with Crippen molar-refractivity contribution >= 4 is 11.6 Å². The van der Waals surface area contributed by atoms with Crippen molar-refractivity contribution in [2.75, 3.05) is 19.6 Å².